The molecule has 2 amide bonds. The van der Waals surface area contributed by atoms with Crippen LogP contribution in [0.25, 0.3) is 0 Å². The lowest BCUT2D eigenvalue weighted by Gasteiger charge is -2.13. The molecule has 2 N–H and O–H groups in total. The Balaban J connectivity index is 1.82. The Bertz CT molecular complexity index is 745. The predicted octanol–water partition coefficient (Wildman–Crippen LogP) is 4.28. The van der Waals surface area contributed by atoms with Crippen LogP contribution in [-0.2, 0) is 4.79 Å². The van der Waals surface area contributed by atoms with Crippen molar-refractivity contribution in [3.05, 3.63) is 59.1 Å². The van der Waals surface area contributed by atoms with Crippen molar-refractivity contribution in [3.8, 4) is 5.75 Å². The van der Waals surface area contributed by atoms with E-state index in [4.69, 9.17) is 16.3 Å². The third-order valence-electron chi connectivity index (χ3n) is 3.50. The first-order valence-corrected chi connectivity index (χ1v) is 8.91. The van der Waals surface area contributed by atoms with Crippen LogP contribution in [0.3, 0.4) is 0 Å². The Morgan fingerprint density at radius 2 is 1.77 bits per heavy atom. The van der Waals surface area contributed by atoms with E-state index >= 15 is 0 Å². The number of hydrogen-bond donors (Lipinski definition) is 2. The molecule has 0 aliphatic rings. The second-order valence-electron chi connectivity index (χ2n) is 6.13. The zero-order valence-electron chi connectivity index (χ0n) is 14.9. The van der Waals surface area contributed by atoms with Crippen LogP contribution in [-0.4, -0.2) is 24.5 Å². The monoisotopic (exact) mass is 374 g/mol. The zero-order valence-corrected chi connectivity index (χ0v) is 15.7. The molecule has 2 rings (SSSR count). The number of ether oxygens (including phenoxy) is 1. The smallest absolute Gasteiger partial charge is 0.253 e. The average Bonchev–Trinajstić information content (AvgIpc) is 2.60. The Kier molecular flexibility index (Phi) is 7.48. The van der Waals surface area contributed by atoms with Crippen molar-refractivity contribution in [2.45, 2.75) is 32.7 Å². The van der Waals surface area contributed by atoms with E-state index in [0.717, 1.165) is 0 Å². The van der Waals surface area contributed by atoms with Gasteiger partial charge in [0.1, 0.15) is 5.75 Å². The lowest BCUT2D eigenvalue weighted by atomic mass is 10.1. The van der Waals surface area contributed by atoms with Crippen LogP contribution in [0.15, 0.2) is 48.5 Å². The molecule has 0 atom stereocenters. The van der Waals surface area contributed by atoms with Gasteiger partial charge in [0.05, 0.1) is 17.9 Å². The van der Waals surface area contributed by atoms with Crippen molar-refractivity contribution < 1.29 is 14.3 Å². The average molecular weight is 375 g/mol. The number of amides is 2. The Labute approximate surface area is 158 Å². The highest BCUT2D eigenvalue weighted by Crippen LogP contribution is 2.17. The normalized spacial score (nSPS) is 10.5. The summed E-state index contributed by atoms with van der Waals surface area (Å²) in [6, 6.07) is 14.1. The van der Waals surface area contributed by atoms with E-state index in [-0.39, 0.29) is 17.9 Å². The maximum Gasteiger partial charge on any atom is 0.253 e. The van der Waals surface area contributed by atoms with Crippen LogP contribution in [0, 0.1) is 0 Å². The van der Waals surface area contributed by atoms with Gasteiger partial charge in [0.25, 0.3) is 5.91 Å². The van der Waals surface area contributed by atoms with E-state index in [1.807, 2.05) is 13.8 Å². The number of hydrogen-bond acceptors (Lipinski definition) is 3. The Morgan fingerprint density at radius 3 is 2.46 bits per heavy atom. The molecule has 0 unspecified atom stereocenters. The van der Waals surface area contributed by atoms with Crippen LogP contribution in [0.5, 0.6) is 5.75 Å². The first-order valence-electron chi connectivity index (χ1n) is 8.54. The minimum Gasteiger partial charge on any atom is -0.494 e. The van der Waals surface area contributed by atoms with Gasteiger partial charge in [0.2, 0.25) is 5.91 Å². The van der Waals surface area contributed by atoms with Gasteiger partial charge in [-0.25, -0.2) is 0 Å². The molecule has 0 aromatic heterocycles. The fourth-order valence-electron chi connectivity index (χ4n) is 2.30. The lowest BCUT2D eigenvalue weighted by molar-refractivity contribution is -0.116. The highest BCUT2D eigenvalue weighted by molar-refractivity contribution is 6.30. The topological polar surface area (TPSA) is 67.4 Å². The van der Waals surface area contributed by atoms with E-state index < -0.39 is 0 Å². The molecule has 0 radical (unpaired) electrons. The highest BCUT2D eigenvalue weighted by atomic mass is 35.5. The van der Waals surface area contributed by atoms with E-state index in [2.05, 4.69) is 10.6 Å². The molecule has 2 aromatic carbocycles. The van der Waals surface area contributed by atoms with Crippen LogP contribution < -0.4 is 15.4 Å². The first kappa shape index (κ1) is 19.8. The maximum absolute atomic E-state index is 12.2. The van der Waals surface area contributed by atoms with Gasteiger partial charge in [-0.2, -0.15) is 0 Å². The van der Waals surface area contributed by atoms with Gasteiger partial charge in [-0.15, -0.1) is 0 Å². The summed E-state index contributed by atoms with van der Waals surface area (Å²) in [6.07, 6.45) is 0.864. The fraction of sp³-hybridized carbons (Fsp3) is 0.300. The van der Waals surface area contributed by atoms with Crippen molar-refractivity contribution in [1.29, 1.82) is 0 Å². The molecule has 0 saturated carbocycles. The van der Waals surface area contributed by atoms with Gasteiger partial charge in [-0.05, 0) is 56.7 Å². The summed E-state index contributed by atoms with van der Waals surface area (Å²) in [6.45, 7) is 4.20. The van der Waals surface area contributed by atoms with E-state index in [0.29, 0.717) is 41.5 Å². The number of benzene rings is 2. The van der Waals surface area contributed by atoms with Gasteiger partial charge in [0.15, 0.2) is 0 Å². The van der Waals surface area contributed by atoms with Crippen LogP contribution in [0.2, 0.25) is 5.02 Å². The maximum atomic E-state index is 12.2. The van der Waals surface area contributed by atoms with Gasteiger partial charge < -0.3 is 15.4 Å². The minimum atomic E-state index is -0.207. The predicted molar refractivity (Wildman–Crippen MR) is 104 cm³/mol. The molecule has 0 fully saturated rings. The minimum absolute atomic E-state index is 0.0243. The molecule has 0 aliphatic heterocycles. The number of rotatable bonds is 8. The molecule has 0 spiro atoms. The molecule has 0 heterocycles. The van der Waals surface area contributed by atoms with E-state index in [1.165, 1.54) is 0 Å². The molecule has 2 aromatic rings. The second kappa shape index (κ2) is 9.82. The van der Waals surface area contributed by atoms with Gasteiger partial charge in [-0.3, -0.25) is 9.59 Å². The number of anilines is 1. The second-order valence-corrected chi connectivity index (χ2v) is 6.56. The molecular formula is C20H23ClN2O3. The summed E-state index contributed by atoms with van der Waals surface area (Å²) in [5.41, 5.74) is 0.959. The largest absolute Gasteiger partial charge is 0.494 e. The zero-order chi connectivity index (χ0) is 18.9. The quantitative estimate of drug-likeness (QED) is 0.678. The van der Waals surface area contributed by atoms with Crippen molar-refractivity contribution in [2.24, 2.45) is 0 Å². The molecule has 138 valence electrons. The van der Waals surface area contributed by atoms with Crippen molar-refractivity contribution in [1.82, 2.24) is 5.32 Å². The number of carbonyl (C=O) groups excluding carboxylic acids is 2. The molecule has 0 bridgehead atoms. The number of halogens is 1. The molecule has 6 heteroatoms. The summed E-state index contributed by atoms with van der Waals surface area (Å²) in [5, 5.41) is 6.28. The Morgan fingerprint density at radius 1 is 1.08 bits per heavy atom. The fourth-order valence-corrected chi connectivity index (χ4v) is 2.42. The van der Waals surface area contributed by atoms with Crippen molar-refractivity contribution in [2.75, 3.05) is 11.9 Å². The summed E-state index contributed by atoms with van der Waals surface area (Å²) in [4.78, 5) is 24.4. The molecule has 5 nitrogen and oxygen atoms in total. The Hall–Kier alpha value is -2.53. The molecule has 0 aliphatic carbocycles. The van der Waals surface area contributed by atoms with Gasteiger partial charge >= 0.3 is 0 Å². The first-order chi connectivity index (χ1) is 12.5. The third-order valence-corrected chi connectivity index (χ3v) is 3.75. The van der Waals surface area contributed by atoms with Crippen molar-refractivity contribution >= 4 is 29.1 Å². The van der Waals surface area contributed by atoms with Crippen LogP contribution in [0.4, 0.5) is 5.69 Å². The van der Waals surface area contributed by atoms with E-state index in [9.17, 15) is 9.59 Å². The van der Waals surface area contributed by atoms with Crippen molar-refractivity contribution in [3.63, 3.8) is 0 Å². The van der Waals surface area contributed by atoms with Gasteiger partial charge in [0, 0.05) is 17.5 Å². The summed E-state index contributed by atoms with van der Waals surface area (Å²) >= 11 is 5.82. The van der Waals surface area contributed by atoms with Gasteiger partial charge in [-0.1, -0.05) is 23.7 Å². The highest BCUT2D eigenvalue weighted by Gasteiger charge is 2.13. The summed E-state index contributed by atoms with van der Waals surface area (Å²) < 4.78 is 5.56. The molecule has 0 saturated heterocycles. The van der Waals surface area contributed by atoms with E-state index in [1.54, 1.807) is 48.5 Å². The lowest BCUT2D eigenvalue weighted by Crippen LogP contribution is -2.31. The molecular weight excluding hydrogens is 352 g/mol. The standard InChI is InChI=1S/C20H23ClN2O3/c1-14(2)22-20(25)17-6-3-4-7-18(17)23-19(24)8-5-13-26-16-11-9-15(21)10-12-16/h3-4,6-7,9-12,14H,5,8,13H2,1-2H3,(H,22,25)(H,23,24). The van der Waals surface area contributed by atoms with Crippen LogP contribution in [0.1, 0.15) is 37.0 Å². The number of carbonyl (C=O) groups is 2. The number of nitrogens with one attached hydrogen (secondary N) is 2. The SMILES string of the molecule is CC(C)NC(=O)c1ccccc1NC(=O)CCCOc1ccc(Cl)cc1. The third kappa shape index (κ3) is 6.41. The van der Waals surface area contributed by atoms with Crippen LogP contribution >= 0.6 is 11.6 Å². The molecule has 26 heavy (non-hydrogen) atoms. The number of para-hydroxylation sites is 1. The summed E-state index contributed by atoms with van der Waals surface area (Å²) in [7, 11) is 0. The summed E-state index contributed by atoms with van der Waals surface area (Å²) in [5.74, 6) is 0.349.